The highest BCUT2D eigenvalue weighted by molar-refractivity contribution is 7.20. The molecule has 1 aliphatic rings. The van der Waals surface area contributed by atoms with E-state index in [0.29, 0.717) is 0 Å². The van der Waals surface area contributed by atoms with Crippen LogP contribution in [0.25, 0.3) is 10.1 Å². The number of aryl methyl sites for hydroxylation is 1. The minimum absolute atomic E-state index is 0.0444. The van der Waals surface area contributed by atoms with Gasteiger partial charge in [0.2, 0.25) is 0 Å². The van der Waals surface area contributed by atoms with Gasteiger partial charge in [0.05, 0.1) is 10.9 Å². The number of fused-ring (bicyclic) bond motifs is 2. The quantitative estimate of drug-likeness (QED) is 0.730. The Morgan fingerprint density at radius 2 is 1.91 bits per heavy atom. The van der Waals surface area contributed by atoms with Crippen molar-refractivity contribution in [2.75, 3.05) is 0 Å². The van der Waals surface area contributed by atoms with E-state index in [0.717, 1.165) is 34.2 Å². The molecule has 2 nitrogen and oxygen atoms in total. The summed E-state index contributed by atoms with van der Waals surface area (Å²) in [6.07, 6.45) is 3.27. The van der Waals surface area contributed by atoms with Gasteiger partial charge >= 0.3 is 0 Å². The predicted molar refractivity (Wildman–Crippen MR) is 91.4 cm³/mol. The van der Waals surface area contributed by atoms with Crippen LogP contribution in [0.5, 0.6) is 0 Å². The van der Waals surface area contributed by atoms with E-state index < -0.39 is 0 Å². The van der Waals surface area contributed by atoms with E-state index in [1.165, 1.54) is 11.1 Å². The van der Waals surface area contributed by atoms with Gasteiger partial charge in [-0.25, -0.2) is 0 Å². The van der Waals surface area contributed by atoms with Gasteiger partial charge in [0.1, 0.15) is 0 Å². The number of hydrogen-bond acceptors (Lipinski definition) is 2. The molecule has 1 heterocycles. The largest absolute Gasteiger partial charge is 0.345 e. The van der Waals surface area contributed by atoms with Crippen molar-refractivity contribution < 1.29 is 4.79 Å². The highest BCUT2D eigenvalue weighted by Crippen LogP contribution is 2.31. The van der Waals surface area contributed by atoms with Crippen LogP contribution in [0.4, 0.5) is 0 Å². The first-order valence-electron chi connectivity index (χ1n) is 7.68. The zero-order chi connectivity index (χ0) is 14.9. The third-order valence-corrected chi connectivity index (χ3v) is 5.44. The molecule has 1 unspecified atom stereocenters. The van der Waals surface area contributed by atoms with Crippen molar-refractivity contribution in [1.82, 2.24) is 5.32 Å². The van der Waals surface area contributed by atoms with Crippen LogP contribution in [0, 0.1) is 0 Å². The zero-order valence-corrected chi connectivity index (χ0v) is 13.0. The Balaban J connectivity index is 1.60. The van der Waals surface area contributed by atoms with Crippen LogP contribution in [0.3, 0.4) is 0 Å². The highest BCUT2D eigenvalue weighted by atomic mass is 32.1. The Labute approximate surface area is 133 Å². The summed E-state index contributed by atoms with van der Waals surface area (Å²) < 4.78 is 1.16. The molecule has 0 saturated carbocycles. The standard InChI is InChI=1S/C19H17NOS/c21-19(18-12-14-7-2-4-11-17(14)22-18)20-16-10-5-8-13-6-1-3-9-15(13)16/h1-4,6-7,9,11-12,16H,5,8,10H2,(H,20,21). The molecule has 110 valence electrons. The molecule has 1 amide bonds. The molecular weight excluding hydrogens is 290 g/mol. The third kappa shape index (κ3) is 2.42. The number of amides is 1. The highest BCUT2D eigenvalue weighted by Gasteiger charge is 2.22. The summed E-state index contributed by atoms with van der Waals surface area (Å²) in [7, 11) is 0. The lowest BCUT2D eigenvalue weighted by atomic mass is 9.88. The van der Waals surface area contributed by atoms with Crippen molar-refractivity contribution in [2.24, 2.45) is 0 Å². The van der Waals surface area contributed by atoms with E-state index >= 15 is 0 Å². The number of hydrogen-bond donors (Lipinski definition) is 1. The normalized spacial score (nSPS) is 17.2. The molecule has 0 spiro atoms. The molecule has 0 saturated heterocycles. The first kappa shape index (κ1) is 13.5. The van der Waals surface area contributed by atoms with Gasteiger partial charge < -0.3 is 5.32 Å². The van der Waals surface area contributed by atoms with Gasteiger partial charge in [0.25, 0.3) is 5.91 Å². The average Bonchev–Trinajstić information content (AvgIpc) is 2.99. The average molecular weight is 307 g/mol. The van der Waals surface area contributed by atoms with Crippen molar-refractivity contribution in [3.8, 4) is 0 Å². The van der Waals surface area contributed by atoms with Crippen LogP contribution in [0.15, 0.2) is 54.6 Å². The summed E-state index contributed by atoms with van der Waals surface area (Å²) >= 11 is 1.56. The lowest BCUT2D eigenvalue weighted by Gasteiger charge is -2.26. The fraction of sp³-hybridized carbons (Fsp3) is 0.211. The van der Waals surface area contributed by atoms with Gasteiger partial charge in [-0.15, -0.1) is 11.3 Å². The van der Waals surface area contributed by atoms with Crippen molar-refractivity contribution in [3.63, 3.8) is 0 Å². The SMILES string of the molecule is O=C(NC1CCCc2ccccc21)c1cc2ccccc2s1. The van der Waals surface area contributed by atoms with E-state index in [4.69, 9.17) is 0 Å². The summed E-state index contributed by atoms with van der Waals surface area (Å²) in [5, 5.41) is 4.36. The Hall–Kier alpha value is -2.13. The van der Waals surface area contributed by atoms with Crippen LogP contribution in [-0.4, -0.2) is 5.91 Å². The number of carbonyl (C=O) groups excluding carboxylic acids is 1. The summed E-state index contributed by atoms with van der Waals surface area (Å²) in [5.74, 6) is 0.0444. The van der Waals surface area contributed by atoms with Gasteiger partial charge in [0.15, 0.2) is 0 Å². The number of rotatable bonds is 2. The minimum atomic E-state index is 0.0444. The Morgan fingerprint density at radius 1 is 1.09 bits per heavy atom. The molecule has 0 aliphatic heterocycles. The fourth-order valence-corrected chi connectivity index (χ4v) is 4.19. The summed E-state index contributed by atoms with van der Waals surface area (Å²) in [4.78, 5) is 13.4. The van der Waals surface area contributed by atoms with E-state index in [1.54, 1.807) is 11.3 Å². The smallest absolute Gasteiger partial charge is 0.261 e. The Morgan fingerprint density at radius 3 is 2.82 bits per heavy atom. The van der Waals surface area contributed by atoms with Crippen LogP contribution >= 0.6 is 11.3 Å². The van der Waals surface area contributed by atoms with E-state index in [9.17, 15) is 4.79 Å². The Kier molecular flexibility index (Phi) is 3.43. The molecule has 1 aromatic heterocycles. The molecule has 2 aromatic carbocycles. The van der Waals surface area contributed by atoms with E-state index in [2.05, 4.69) is 41.7 Å². The maximum Gasteiger partial charge on any atom is 0.261 e. The molecule has 0 bridgehead atoms. The number of thiophene rings is 1. The molecule has 0 radical (unpaired) electrons. The second kappa shape index (κ2) is 5.58. The first-order chi connectivity index (χ1) is 10.8. The Bertz CT molecular complexity index is 803. The molecular formula is C19H17NOS. The molecule has 0 fully saturated rings. The number of benzene rings is 2. The number of carbonyl (C=O) groups is 1. The molecule has 1 aliphatic carbocycles. The monoisotopic (exact) mass is 307 g/mol. The lowest BCUT2D eigenvalue weighted by Crippen LogP contribution is -2.30. The third-order valence-electron chi connectivity index (χ3n) is 4.32. The minimum Gasteiger partial charge on any atom is -0.345 e. The maximum atomic E-state index is 12.6. The molecule has 3 aromatic rings. The topological polar surface area (TPSA) is 29.1 Å². The van der Waals surface area contributed by atoms with Crippen molar-refractivity contribution in [1.29, 1.82) is 0 Å². The molecule has 1 N–H and O–H groups in total. The summed E-state index contributed by atoms with van der Waals surface area (Å²) in [5.41, 5.74) is 2.65. The van der Waals surface area contributed by atoms with Gasteiger partial charge in [-0.1, -0.05) is 42.5 Å². The van der Waals surface area contributed by atoms with Crippen LogP contribution in [0.1, 0.15) is 39.7 Å². The summed E-state index contributed by atoms with van der Waals surface area (Å²) in [6, 6.07) is 18.7. The second-order valence-corrected chi connectivity index (χ2v) is 6.85. The maximum absolute atomic E-state index is 12.6. The van der Waals surface area contributed by atoms with Gasteiger partial charge in [-0.2, -0.15) is 0 Å². The summed E-state index contributed by atoms with van der Waals surface area (Å²) in [6.45, 7) is 0. The number of nitrogens with one attached hydrogen (secondary N) is 1. The van der Waals surface area contributed by atoms with Crippen LogP contribution in [0.2, 0.25) is 0 Å². The molecule has 3 heteroatoms. The second-order valence-electron chi connectivity index (χ2n) is 5.77. The van der Waals surface area contributed by atoms with E-state index in [1.807, 2.05) is 18.2 Å². The molecule has 22 heavy (non-hydrogen) atoms. The molecule has 4 rings (SSSR count). The molecule has 1 atom stereocenters. The van der Waals surface area contributed by atoms with Crippen molar-refractivity contribution >= 4 is 27.3 Å². The van der Waals surface area contributed by atoms with Crippen LogP contribution in [-0.2, 0) is 6.42 Å². The van der Waals surface area contributed by atoms with Gasteiger partial charge in [-0.05, 0) is 47.9 Å². The van der Waals surface area contributed by atoms with Crippen molar-refractivity contribution in [3.05, 3.63) is 70.6 Å². The zero-order valence-electron chi connectivity index (χ0n) is 12.2. The predicted octanol–water partition coefficient (Wildman–Crippen LogP) is 4.71. The van der Waals surface area contributed by atoms with Gasteiger partial charge in [-0.3, -0.25) is 4.79 Å². The van der Waals surface area contributed by atoms with Crippen molar-refractivity contribution in [2.45, 2.75) is 25.3 Å². The van der Waals surface area contributed by atoms with Gasteiger partial charge in [0, 0.05) is 4.70 Å². The van der Waals surface area contributed by atoms with E-state index in [-0.39, 0.29) is 11.9 Å². The van der Waals surface area contributed by atoms with Crippen LogP contribution < -0.4 is 5.32 Å². The first-order valence-corrected chi connectivity index (χ1v) is 8.50. The fourth-order valence-electron chi connectivity index (χ4n) is 3.23. The lowest BCUT2D eigenvalue weighted by molar-refractivity contribution is 0.0937.